The highest BCUT2D eigenvalue weighted by molar-refractivity contribution is 5.92. The number of H-pyrrole nitrogens is 1. The molecule has 4 rings (SSSR count). The lowest BCUT2D eigenvalue weighted by atomic mass is 10.1. The first kappa shape index (κ1) is 15.9. The molecule has 2 aromatic rings. The van der Waals surface area contributed by atoms with Crippen molar-refractivity contribution in [1.82, 2.24) is 20.4 Å². The van der Waals surface area contributed by atoms with E-state index >= 15 is 0 Å². The van der Waals surface area contributed by atoms with Crippen LogP contribution in [0, 0.1) is 0 Å². The topological polar surface area (TPSA) is 78.1 Å². The number of carbonyl (C=O) groups is 2. The maximum absolute atomic E-state index is 12.6. The average molecular weight is 338 g/mol. The molecule has 1 saturated heterocycles. The van der Waals surface area contributed by atoms with Gasteiger partial charge in [0, 0.05) is 31.1 Å². The molecule has 2 fully saturated rings. The van der Waals surface area contributed by atoms with Gasteiger partial charge < -0.3 is 10.2 Å². The average Bonchev–Trinajstić information content (AvgIpc) is 3.22. The Kier molecular flexibility index (Phi) is 4.26. The molecule has 1 aromatic heterocycles. The highest BCUT2D eigenvalue weighted by Crippen LogP contribution is 2.39. The van der Waals surface area contributed by atoms with E-state index < -0.39 is 0 Å². The number of nitrogens with zero attached hydrogens (tertiary/aromatic N) is 2. The molecule has 1 aromatic carbocycles. The van der Waals surface area contributed by atoms with Crippen molar-refractivity contribution in [3.05, 3.63) is 53.3 Å². The lowest BCUT2D eigenvalue weighted by molar-refractivity contribution is -0.128. The first-order chi connectivity index (χ1) is 12.2. The number of amides is 2. The second kappa shape index (κ2) is 6.70. The standard InChI is InChI=1S/C19H22N4O2/c24-18-7-4-10-23(18)12-17(13-5-2-1-3-6-13)20-19(25)16-11-15(21-22-16)14-8-9-14/h1-3,5-6,11,14,17H,4,7-10,12H2,(H,20,25)(H,21,22). The number of hydrogen-bond acceptors (Lipinski definition) is 3. The fourth-order valence-corrected chi connectivity index (χ4v) is 3.33. The van der Waals surface area contributed by atoms with Gasteiger partial charge in [0.2, 0.25) is 5.91 Å². The summed E-state index contributed by atoms with van der Waals surface area (Å²) in [4.78, 5) is 26.5. The predicted molar refractivity (Wildman–Crippen MR) is 93.0 cm³/mol. The molecule has 130 valence electrons. The summed E-state index contributed by atoms with van der Waals surface area (Å²) < 4.78 is 0. The van der Waals surface area contributed by atoms with E-state index in [0.29, 0.717) is 24.6 Å². The molecule has 0 spiro atoms. The molecule has 1 saturated carbocycles. The van der Waals surface area contributed by atoms with Crippen molar-refractivity contribution in [3.8, 4) is 0 Å². The van der Waals surface area contributed by atoms with Gasteiger partial charge in [-0.3, -0.25) is 14.7 Å². The van der Waals surface area contributed by atoms with E-state index in [1.165, 1.54) is 0 Å². The van der Waals surface area contributed by atoms with E-state index in [0.717, 1.165) is 37.1 Å². The van der Waals surface area contributed by atoms with E-state index in [2.05, 4.69) is 15.5 Å². The van der Waals surface area contributed by atoms with Gasteiger partial charge in [-0.05, 0) is 30.9 Å². The van der Waals surface area contributed by atoms with Gasteiger partial charge in [-0.25, -0.2) is 0 Å². The Labute approximate surface area is 146 Å². The molecular formula is C19H22N4O2. The lowest BCUT2D eigenvalue weighted by Gasteiger charge is -2.25. The minimum absolute atomic E-state index is 0.158. The van der Waals surface area contributed by atoms with Gasteiger partial charge in [-0.1, -0.05) is 30.3 Å². The predicted octanol–water partition coefficient (Wildman–Crippen LogP) is 2.38. The fraction of sp³-hybridized carbons (Fsp3) is 0.421. The van der Waals surface area contributed by atoms with E-state index in [1.54, 1.807) is 0 Å². The van der Waals surface area contributed by atoms with E-state index in [-0.39, 0.29) is 17.9 Å². The second-order valence-electron chi connectivity index (χ2n) is 6.86. The maximum Gasteiger partial charge on any atom is 0.272 e. The molecule has 2 aliphatic rings. The zero-order valence-corrected chi connectivity index (χ0v) is 14.1. The van der Waals surface area contributed by atoms with Crippen LogP contribution < -0.4 is 5.32 Å². The van der Waals surface area contributed by atoms with Crippen LogP contribution in [0.25, 0.3) is 0 Å². The number of carbonyl (C=O) groups excluding carboxylic acids is 2. The molecule has 6 heteroatoms. The molecule has 2 heterocycles. The third-order valence-electron chi connectivity index (χ3n) is 4.93. The van der Waals surface area contributed by atoms with Crippen LogP contribution in [0.5, 0.6) is 0 Å². The van der Waals surface area contributed by atoms with Gasteiger partial charge in [0.25, 0.3) is 5.91 Å². The van der Waals surface area contributed by atoms with Gasteiger partial charge >= 0.3 is 0 Å². The van der Waals surface area contributed by atoms with E-state index in [4.69, 9.17) is 0 Å². The number of aromatic nitrogens is 2. The molecule has 25 heavy (non-hydrogen) atoms. The first-order valence-electron chi connectivity index (χ1n) is 8.89. The fourth-order valence-electron chi connectivity index (χ4n) is 3.33. The quantitative estimate of drug-likeness (QED) is 0.849. The monoisotopic (exact) mass is 338 g/mol. The largest absolute Gasteiger partial charge is 0.342 e. The summed E-state index contributed by atoms with van der Waals surface area (Å²) >= 11 is 0. The Morgan fingerprint density at radius 1 is 1.32 bits per heavy atom. The van der Waals surface area contributed by atoms with Crippen molar-refractivity contribution in [2.24, 2.45) is 0 Å². The zero-order valence-electron chi connectivity index (χ0n) is 14.1. The van der Waals surface area contributed by atoms with Crippen LogP contribution in [0.4, 0.5) is 0 Å². The van der Waals surface area contributed by atoms with Crippen molar-refractivity contribution in [2.45, 2.75) is 37.6 Å². The molecule has 1 aliphatic heterocycles. The number of rotatable bonds is 6. The number of aromatic amines is 1. The summed E-state index contributed by atoms with van der Waals surface area (Å²) in [6.07, 6.45) is 3.80. The maximum atomic E-state index is 12.6. The summed E-state index contributed by atoms with van der Waals surface area (Å²) in [5, 5.41) is 10.2. The van der Waals surface area contributed by atoms with Crippen molar-refractivity contribution in [2.75, 3.05) is 13.1 Å². The Morgan fingerprint density at radius 2 is 2.12 bits per heavy atom. The first-order valence-corrected chi connectivity index (χ1v) is 8.89. The Morgan fingerprint density at radius 3 is 2.80 bits per heavy atom. The number of benzene rings is 1. The minimum Gasteiger partial charge on any atom is -0.342 e. The molecular weight excluding hydrogens is 316 g/mol. The number of nitrogens with one attached hydrogen (secondary N) is 2. The normalized spacial score (nSPS) is 18.4. The molecule has 2 N–H and O–H groups in total. The minimum atomic E-state index is -0.239. The van der Waals surface area contributed by atoms with Gasteiger partial charge in [0.1, 0.15) is 5.69 Å². The second-order valence-corrected chi connectivity index (χ2v) is 6.86. The molecule has 1 aliphatic carbocycles. The van der Waals surface area contributed by atoms with Gasteiger partial charge in [-0.15, -0.1) is 0 Å². The highest BCUT2D eigenvalue weighted by atomic mass is 16.2. The smallest absolute Gasteiger partial charge is 0.272 e. The van der Waals surface area contributed by atoms with Crippen LogP contribution in [0.1, 0.15) is 59.4 Å². The third-order valence-corrected chi connectivity index (χ3v) is 4.93. The number of likely N-dealkylation sites (tertiary alicyclic amines) is 1. The van der Waals surface area contributed by atoms with Crippen molar-refractivity contribution >= 4 is 11.8 Å². The summed E-state index contributed by atoms with van der Waals surface area (Å²) in [6.45, 7) is 1.25. The zero-order chi connectivity index (χ0) is 17.2. The van der Waals surface area contributed by atoms with Gasteiger partial charge in [0.05, 0.1) is 6.04 Å². The SMILES string of the molecule is O=C(NC(CN1CCCC1=O)c1ccccc1)c1cc(C2CC2)[nH]n1. The van der Waals surface area contributed by atoms with Crippen molar-refractivity contribution in [3.63, 3.8) is 0 Å². The van der Waals surface area contributed by atoms with Crippen LogP contribution >= 0.6 is 0 Å². The molecule has 6 nitrogen and oxygen atoms in total. The Balaban J connectivity index is 1.50. The lowest BCUT2D eigenvalue weighted by Crippen LogP contribution is -2.38. The summed E-state index contributed by atoms with van der Waals surface area (Å²) in [5.41, 5.74) is 2.44. The third kappa shape index (κ3) is 3.57. The molecule has 2 amide bonds. The van der Waals surface area contributed by atoms with E-state index in [9.17, 15) is 9.59 Å². The van der Waals surface area contributed by atoms with Gasteiger partial charge in [-0.2, -0.15) is 5.10 Å². The van der Waals surface area contributed by atoms with Crippen LogP contribution in [0.3, 0.4) is 0 Å². The molecule has 1 unspecified atom stereocenters. The van der Waals surface area contributed by atoms with Crippen LogP contribution in [0.15, 0.2) is 36.4 Å². The van der Waals surface area contributed by atoms with Crippen LogP contribution in [-0.4, -0.2) is 40.0 Å². The van der Waals surface area contributed by atoms with Crippen molar-refractivity contribution in [1.29, 1.82) is 0 Å². The summed E-state index contributed by atoms with van der Waals surface area (Å²) in [7, 11) is 0. The Hall–Kier alpha value is -2.63. The highest BCUT2D eigenvalue weighted by Gasteiger charge is 2.28. The van der Waals surface area contributed by atoms with E-state index in [1.807, 2.05) is 41.3 Å². The summed E-state index contributed by atoms with van der Waals surface area (Å²) in [5.74, 6) is 0.482. The summed E-state index contributed by atoms with van der Waals surface area (Å²) in [6, 6.07) is 11.4. The van der Waals surface area contributed by atoms with Crippen molar-refractivity contribution < 1.29 is 9.59 Å². The molecule has 0 bridgehead atoms. The molecule has 1 atom stereocenters. The van der Waals surface area contributed by atoms with Crippen LogP contribution in [-0.2, 0) is 4.79 Å². The van der Waals surface area contributed by atoms with Crippen LogP contribution in [0.2, 0.25) is 0 Å². The molecule has 0 radical (unpaired) electrons. The van der Waals surface area contributed by atoms with Gasteiger partial charge in [0.15, 0.2) is 0 Å². The number of hydrogen-bond donors (Lipinski definition) is 2. The Bertz CT molecular complexity index is 767.